The number of aliphatic carboxylic acids is 1. The van der Waals surface area contributed by atoms with E-state index in [1.165, 1.54) is 19.9 Å². The lowest BCUT2D eigenvalue weighted by Gasteiger charge is -2.38. The van der Waals surface area contributed by atoms with Gasteiger partial charge < -0.3 is 29.9 Å². The van der Waals surface area contributed by atoms with Crippen molar-refractivity contribution in [2.24, 2.45) is 0 Å². The summed E-state index contributed by atoms with van der Waals surface area (Å²) in [5, 5.41) is 39.1. The lowest BCUT2D eigenvalue weighted by molar-refractivity contribution is -0.146. The molecule has 0 unspecified atom stereocenters. The Morgan fingerprint density at radius 2 is 2.00 bits per heavy atom. The molecule has 0 aromatic heterocycles. The highest BCUT2D eigenvalue weighted by molar-refractivity contribution is 6.05. The van der Waals surface area contributed by atoms with Crippen molar-refractivity contribution in [1.29, 1.82) is 0 Å². The molecule has 1 aromatic rings. The Morgan fingerprint density at radius 3 is 2.63 bits per heavy atom. The van der Waals surface area contributed by atoms with E-state index in [1.807, 2.05) is 0 Å². The van der Waals surface area contributed by atoms with Gasteiger partial charge in [-0.05, 0) is 37.1 Å². The van der Waals surface area contributed by atoms with Gasteiger partial charge in [-0.1, -0.05) is 0 Å². The van der Waals surface area contributed by atoms with E-state index < -0.39 is 35.2 Å². The topological polar surface area (TPSA) is 151 Å². The van der Waals surface area contributed by atoms with Gasteiger partial charge in [0.05, 0.1) is 12.2 Å². The zero-order valence-corrected chi connectivity index (χ0v) is 16.5. The van der Waals surface area contributed by atoms with Crippen molar-refractivity contribution >= 4 is 17.7 Å². The number of aryl methyl sites for hydroxylation is 1. The normalized spacial score (nSPS) is 23.4. The molecule has 3 rings (SSSR count). The van der Waals surface area contributed by atoms with Crippen LogP contribution >= 0.6 is 0 Å². The van der Waals surface area contributed by atoms with Crippen molar-refractivity contribution in [3.05, 3.63) is 46.2 Å². The molecule has 1 aliphatic heterocycles. The molecule has 1 aromatic carbocycles. The highest BCUT2D eigenvalue weighted by Crippen LogP contribution is 2.37. The second-order valence-corrected chi connectivity index (χ2v) is 7.53. The van der Waals surface area contributed by atoms with E-state index in [0.717, 1.165) is 6.07 Å². The van der Waals surface area contributed by atoms with Gasteiger partial charge in [0.15, 0.2) is 11.4 Å². The lowest BCUT2D eigenvalue weighted by Crippen LogP contribution is -2.53. The summed E-state index contributed by atoms with van der Waals surface area (Å²) in [6.07, 6.45) is 0.315. The molecule has 9 nitrogen and oxygen atoms in total. The zero-order chi connectivity index (χ0) is 22.2. The van der Waals surface area contributed by atoms with Gasteiger partial charge in [-0.3, -0.25) is 9.59 Å². The number of carbonyl (C=O) groups excluding carboxylic acids is 2. The van der Waals surface area contributed by atoms with Crippen LogP contribution in [0.2, 0.25) is 0 Å². The molecule has 4 N–H and O–H groups in total. The second kappa shape index (κ2) is 7.83. The quantitative estimate of drug-likeness (QED) is 0.524. The SMILES string of the molecule is Cc1cc(O)cc(O)c1C(=O)O[C@@H]1CC2=C(COC(CCC(=O)O)=C2)C(=O)[C@]1(C)O. The number of carbonyl (C=O) groups is 3. The molecule has 2 aliphatic rings. The minimum Gasteiger partial charge on any atom is -0.508 e. The Bertz CT molecular complexity index is 961. The maximum Gasteiger partial charge on any atom is 0.342 e. The fraction of sp³-hybridized carbons (Fsp3) is 0.381. The number of rotatable bonds is 5. The largest absolute Gasteiger partial charge is 0.508 e. The van der Waals surface area contributed by atoms with E-state index in [9.17, 15) is 29.7 Å². The average Bonchev–Trinajstić information content (AvgIpc) is 2.63. The van der Waals surface area contributed by atoms with Crippen LogP contribution in [0.3, 0.4) is 0 Å². The van der Waals surface area contributed by atoms with E-state index in [-0.39, 0.29) is 48.3 Å². The number of phenols is 2. The van der Waals surface area contributed by atoms with Crippen LogP contribution in [-0.2, 0) is 19.1 Å². The predicted molar refractivity (Wildman–Crippen MR) is 102 cm³/mol. The first-order valence-corrected chi connectivity index (χ1v) is 9.28. The zero-order valence-electron chi connectivity index (χ0n) is 16.5. The van der Waals surface area contributed by atoms with E-state index in [0.29, 0.717) is 11.3 Å². The van der Waals surface area contributed by atoms with Crippen molar-refractivity contribution in [3.63, 3.8) is 0 Å². The van der Waals surface area contributed by atoms with Crippen LogP contribution in [0.15, 0.2) is 35.1 Å². The summed E-state index contributed by atoms with van der Waals surface area (Å²) < 4.78 is 10.8. The van der Waals surface area contributed by atoms with Gasteiger partial charge in [-0.15, -0.1) is 0 Å². The number of ether oxygens (including phenoxy) is 2. The van der Waals surface area contributed by atoms with Crippen LogP contribution in [-0.4, -0.2) is 56.5 Å². The molecule has 0 saturated carbocycles. The summed E-state index contributed by atoms with van der Waals surface area (Å²) in [4.78, 5) is 36.2. The molecule has 9 heteroatoms. The van der Waals surface area contributed by atoms with Crippen molar-refractivity contribution < 1.29 is 44.3 Å². The van der Waals surface area contributed by atoms with Crippen LogP contribution in [0.4, 0.5) is 0 Å². The van der Waals surface area contributed by atoms with Gasteiger partial charge in [-0.25, -0.2) is 4.79 Å². The Kier molecular flexibility index (Phi) is 5.58. The monoisotopic (exact) mass is 418 g/mol. The first-order valence-electron chi connectivity index (χ1n) is 9.28. The summed E-state index contributed by atoms with van der Waals surface area (Å²) in [6, 6.07) is 2.27. The summed E-state index contributed by atoms with van der Waals surface area (Å²) in [6.45, 7) is 2.63. The second-order valence-electron chi connectivity index (χ2n) is 7.53. The summed E-state index contributed by atoms with van der Waals surface area (Å²) >= 11 is 0. The predicted octanol–water partition coefficient (Wildman–Crippen LogP) is 1.73. The van der Waals surface area contributed by atoms with E-state index in [4.69, 9.17) is 14.6 Å². The molecule has 2 atom stereocenters. The lowest BCUT2D eigenvalue weighted by atomic mass is 9.77. The molecule has 160 valence electrons. The summed E-state index contributed by atoms with van der Waals surface area (Å²) in [7, 11) is 0. The maximum absolute atomic E-state index is 12.8. The van der Waals surface area contributed by atoms with E-state index in [1.54, 1.807) is 6.08 Å². The number of esters is 1. The molecule has 0 bridgehead atoms. The summed E-state index contributed by atoms with van der Waals surface area (Å²) in [5.74, 6) is -2.91. The van der Waals surface area contributed by atoms with Gasteiger partial charge >= 0.3 is 11.9 Å². The highest BCUT2D eigenvalue weighted by atomic mass is 16.6. The number of phenolic OH excluding ortho intramolecular Hbond substituents is 2. The molecule has 1 heterocycles. The van der Waals surface area contributed by atoms with Crippen molar-refractivity contribution in [3.8, 4) is 11.5 Å². The average molecular weight is 418 g/mol. The number of aliphatic hydroxyl groups is 1. The molecule has 1 aliphatic carbocycles. The third-order valence-electron chi connectivity index (χ3n) is 5.23. The number of hydrogen-bond donors (Lipinski definition) is 4. The first kappa shape index (κ1) is 21.4. The third kappa shape index (κ3) is 4.02. The number of carboxylic acids is 1. The standard InChI is InChI=1S/C21H22O9/c1-10-5-12(22)8-15(23)18(10)20(27)30-16-7-11-6-13(3-4-17(24)25)29-9-14(11)19(26)21(16,2)28/h5-6,8,16,22-23,28H,3-4,7,9H2,1-2H3,(H,24,25)/t16-,21-/m1/s1. The van der Waals surface area contributed by atoms with Crippen molar-refractivity contribution in [2.45, 2.75) is 44.8 Å². The molecule has 0 fully saturated rings. The van der Waals surface area contributed by atoms with Crippen LogP contribution in [0.5, 0.6) is 11.5 Å². The Labute approximate surface area is 171 Å². The fourth-order valence-corrected chi connectivity index (χ4v) is 3.56. The molecule has 0 saturated heterocycles. The highest BCUT2D eigenvalue weighted by Gasteiger charge is 2.48. The van der Waals surface area contributed by atoms with Crippen molar-refractivity contribution in [2.75, 3.05) is 6.61 Å². The minimum absolute atomic E-state index is 0.0115. The fourth-order valence-electron chi connectivity index (χ4n) is 3.56. The number of hydrogen-bond acceptors (Lipinski definition) is 8. The van der Waals surface area contributed by atoms with E-state index >= 15 is 0 Å². The Morgan fingerprint density at radius 1 is 1.30 bits per heavy atom. The van der Waals surface area contributed by atoms with Crippen LogP contribution in [0.25, 0.3) is 0 Å². The minimum atomic E-state index is -2.01. The summed E-state index contributed by atoms with van der Waals surface area (Å²) in [5.41, 5.74) is -1.18. The Balaban J connectivity index is 1.86. The number of allylic oxidation sites excluding steroid dienone is 2. The number of Topliss-reactive ketones (excluding diaryl/α,β-unsaturated/α-hetero) is 1. The first-order chi connectivity index (χ1) is 14.0. The number of benzene rings is 1. The number of ketones is 1. The smallest absolute Gasteiger partial charge is 0.342 e. The molecule has 0 amide bonds. The molecule has 0 radical (unpaired) electrons. The van der Waals surface area contributed by atoms with Crippen LogP contribution in [0.1, 0.15) is 42.1 Å². The van der Waals surface area contributed by atoms with Gasteiger partial charge in [0.25, 0.3) is 0 Å². The van der Waals surface area contributed by atoms with Gasteiger partial charge in [-0.2, -0.15) is 0 Å². The molecular weight excluding hydrogens is 396 g/mol. The van der Waals surface area contributed by atoms with Crippen molar-refractivity contribution in [1.82, 2.24) is 0 Å². The van der Waals surface area contributed by atoms with E-state index in [2.05, 4.69) is 0 Å². The molecule has 0 spiro atoms. The molecule has 30 heavy (non-hydrogen) atoms. The number of carboxylic acid groups (broad SMARTS) is 1. The Hall–Kier alpha value is -3.33. The van der Waals surface area contributed by atoms with Crippen LogP contribution in [0, 0.1) is 6.92 Å². The van der Waals surface area contributed by atoms with Gasteiger partial charge in [0.2, 0.25) is 0 Å². The third-order valence-corrected chi connectivity index (χ3v) is 5.23. The molecular formula is C21H22O9. The van der Waals surface area contributed by atoms with Crippen LogP contribution < -0.4 is 0 Å². The van der Waals surface area contributed by atoms with Gasteiger partial charge in [0.1, 0.15) is 29.8 Å². The maximum atomic E-state index is 12.8. The van der Waals surface area contributed by atoms with Gasteiger partial charge in [0, 0.05) is 24.5 Å². The number of aromatic hydroxyl groups is 2.